The maximum Gasteiger partial charge on any atom is 0.472 e. The summed E-state index contributed by atoms with van der Waals surface area (Å²) < 4.78 is 68.5. The van der Waals surface area contributed by atoms with Crippen LogP contribution in [-0.4, -0.2) is 96.7 Å². The van der Waals surface area contributed by atoms with E-state index >= 15 is 0 Å². The van der Waals surface area contributed by atoms with Crippen molar-refractivity contribution in [3.63, 3.8) is 0 Å². The first-order valence-electron chi connectivity index (χ1n) is 38.5. The van der Waals surface area contributed by atoms with Gasteiger partial charge in [-0.3, -0.25) is 37.3 Å². The average molecular weight is 1370 g/mol. The van der Waals surface area contributed by atoms with E-state index in [9.17, 15) is 43.2 Å². The number of unbranched alkanes of at least 4 members (excludes halogenated alkanes) is 43. The SMILES string of the molecule is CCCCCCCCCCCCCCCCCCC(=O)O[C@H](COC(=O)CCCCCCCCCCCCCC(C)C)COP(=O)(O)OC[C@@H](O)COP(=O)(O)OC[C@@H](COC(=O)CCCCCCCCCCCCC)OC(=O)CCCCCCCCCCCC(C)C. The van der Waals surface area contributed by atoms with Crippen molar-refractivity contribution in [2.24, 2.45) is 11.8 Å². The topological polar surface area (TPSA) is 237 Å². The zero-order valence-corrected chi connectivity index (χ0v) is 62.3. The highest BCUT2D eigenvalue weighted by molar-refractivity contribution is 7.47. The maximum absolute atomic E-state index is 13.1. The minimum absolute atomic E-state index is 0.106. The Hall–Kier alpha value is -1.94. The number of aliphatic hydroxyl groups is 1. The van der Waals surface area contributed by atoms with Crippen LogP contribution in [0.2, 0.25) is 0 Å². The number of carbonyl (C=O) groups is 4. The van der Waals surface area contributed by atoms with Crippen LogP contribution in [-0.2, 0) is 65.4 Å². The molecular weight excluding hydrogens is 1220 g/mol. The Kier molecular flexibility index (Phi) is 64.6. The van der Waals surface area contributed by atoms with Gasteiger partial charge in [0, 0.05) is 25.7 Å². The van der Waals surface area contributed by atoms with Gasteiger partial charge in [-0.05, 0) is 37.5 Å². The predicted octanol–water partition coefficient (Wildman–Crippen LogP) is 21.6. The Labute approximate surface area is 568 Å². The predicted molar refractivity (Wildman–Crippen MR) is 377 cm³/mol. The molecule has 0 spiro atoms. The lowest BCUT2D eigenvalue weighted by molar-refractivity contribution is -0.161. The second kappa shape index (κ2) is 66.0. The second-order valence-electron chi connectivity index (χ2n) is 27.6. The largest absolute Gasteiger partial charge is 0.472 e. The van der Waals surface area contributed by atoms with Gasteiger partial charge in [0.15, 0.2) is 12.2 Å². The van der Waals surface area contributed by atoms with Crippen molar-refractivity contribution in [3.8, 4) is 0 Å². The summed E-state index contributed by atoms with van der Waals surface area (Å²) in [6.07, 6.45) is 52.6. The minimum atomic E-state index is -4.96. The number of esters is 4. The molecule has 0 aromatic rings. The van der Waals surface area contributed by atoms with Gasteiger partial charge in [-0.15, -0.1) is 0 Å². The molecule has 19 heteroatoms. The third-order valence-electron chi connectivity index (χ3n) is 17.2. The molecule has 17 nitrogen and oxygen atoms in total. The zero-order chi connectivity index (χ0) is 68.6. The minimum Gasteiger partial charge on any atom is -0.462 e. The van der Waals surface area contributed by atoms with E-state index in [4.69, 9.17) is 37.0 Å². The Balaban J connectivity index is 5.25. The second-order valence-corrected chi connectivity index (χ2v) is 30.5. The fraction of sp³-hybridized carbons (Fsp3) is 0.946. The molecule has 552 valence electrons. The van der Waals surface area contributed by atoms with Gasteiger partial charge < -0.3 is 33.8 Å². The molecule has 0 aliphatic rings. The highest BCUT2D eigenvalue weighted by Gasteiger charge is 2.30. The van der Waals surface area contributed by atoms with E-state index in [1.807, 2.05) is 0 Å². The Morgan fingerprint density at radius 1 is 0.290 bits per heavy atom. The van der Waals surface area contributed by atoms with E-state index < -0.39 is 97.5 Å². The third-order valence-corrected chi connectivity index (χ3v) is 19.1. The van der Waals surface area contributed by atoms with Gasteiger partial charge in [0.1, 0.15) is 19.3 Å². The quantitative estimate of drug-likeness (QED) is 0.0222. The molecule has 5 atom stereocenters. The van der Waals surface area contributed by atoms with E-state index in [0.29, 0.717) is 25.7 Å². The number of hydrogen-bond donors (Lipinski definition) is 3. The number of rotatable bonds is 73. The lowest BCUT2D eigenvalue weighted by Gasteiger charge is -2.21. The Bertz CT molecular complexity index is 1800. The van der Waals surface area contributed by atoms with Gasteiger partial charge in [-0.2, -0.15) is 0 Å². The summed E-state index contributed by atoms with van der Waals surface area (Å²) in [7, 11) is -9.91. The van der Waals surface area contributed by atoms with E-state index in [-0.39, 0.29) is 25.7 Å². The fourth-order valence-corrected chi connectivity index (χ4v) is 12.9. The van der Waals surface area contributed by atoms with Gasteiger partial charge in [0.05, 0.1) is 26.4 Å². The molecule has 0 amide bonds. The summed E-state index contributed by atoms with van der Waals surface area (Å²) >= 11 is 0. The molecule has 0 bridgehead atoms. The summed E-state index contributed by atoms with van der Waals surface area (Å²) in [5.41, 5.74) is 0. The van der Waals surface area contributed by atoms with Gasteiger partial charge >= 0.3 is 39.5 Å². The van der Waals surface area contributed by atoms with Crippen LogP contribution in [0.5, 0.6) is 0 Å². The molecule has 0 fully saturated rings. The van der Waals surface area contributed by atoms with E-state index in [0.717, 1.165) is 102 Å². The molecule has 0 saturated carbocycles. The highest BCUT2D eigenvalue weighted by Crippen LogP contribution is 2.45. The number of hydrogen-bond acceptors (Lipinski definition) is 15. The van der Waals surface area contributed by atoms with Crippen molar-refractivity contribution in [3.05, 3.63) is 0 Å². The summed E-state index contributed by atoms with van der Waals surface area (Å²) in [4.78, 5) is 72.7. The maximum atomic E-state index is 13.1. The number of aliphatic hydroxyl groups excluding tert-OH is 1. The lowest BCUT2D eigenvalue weighted by Crippen LogP contribution is -2.30. The van der Waals surface area contributed by atoms with Crippen molar-refractivity contribution >= 4 is 39.5 Å². The molecule has 0 rings (SSSR count). The van der Waals surface area contributed by atoms with Crippen molar-refractivity contribution < 1.29 is 80.2 Å². The standard InChI is InChI=1S/C74H144O17P2/c1-7-9-11-13-15-17-19-20-21-22-23-27-34-40-46-52-58-73(78)90-69(62-85-72(77)57-51-45-39-33-28-24-26-30-36-42-48-54-66(3)4)64-88-92(80,81)86-60-68(75)61-87-93(82,83)89-65-70(63-84-71(76)56-50-44-38-32-25-18-16-14-12-10-8-2)91-74(79)59-53-47-41-35-29-31-37-43-49-55-67(5)6/h66-70,75H,7-65H2,1-6H3,(H,80,81)(H,82,83)/t68-,69-,70-/m1/s1. The molecule has 0 aliphatic carbocycles. The molecule has 0 saturated heterocycles. The highest BCUT2D eigenvalue weighted by atomic mass is 31.2. The van der Waals surface area contributed by atoms with Crippen LogP contribution in [0.3, 0.4) is 0 Å². The van der Waals surface area contributed by atoms with Crippen LogP contribution in [0.15, 0.2) is 0 Å². The first-order valence-corrected chi connectivity index (χ1v) is 41.5. The van der Waals surface area contributed by atoms with Crippen LogP contribution in [0, 0.1) is 11.8 Å². The molecule has 93 heavy (non-hydrogen) atoms. The van der Waals surface area contributed by atoms with Crippen LogP contribution >= 0.6 is 15.6 Å². The van der Waals surface area contributed by atoms with E-state index in [1.165, 1.54) is 199 Å². The van der Waals surface area contributed by atoms with Gasteiger partial charge in [-0.25, -0.2) is 9.13 Å². The van der Waals surface area contributed by atoms with Crippen LogP contribution in [0.1, 0.15) is 382 Å². The smallest absolute Gasteiger partial charge is 0.462 e. The van der Waals surface area contributed by atoms with Crippen molar-refractivity contribution in [1.82, 2.24) is 0 Å². The molecule has 0 aliphatic heterocycles. The molecule has 2 unspecified atom stereocenters. The third kappa shape index (κ3) is 68.4. The summed E-state index contributed by atoms with van der Waals surface area (Å²) in [6.45, 7) is 9.56. The van der Waals surface area contributed by atoms with Crippen molar-refractivity contribution in [2.75, 3.05) is 39.6 Å². The molecule has 0 radical (unpaired) electrons. The van der Waals surface area contributed by atoms with Crippen LogP contribution < -0.4 is 0 Å². The summed E-state index contributed by atoms with van der Waals surface area (Å²) in [5, 5.41) is 10.6. The van der Waals surface area contributed by atoms with Gasteiger partial charge in [0.2, 0.25) is 0 Å². The first-order chi connectivity index (χ1) is 44.9. The molecule has 3 N–H and O–H groups in total. The van der Waals surface area contributed by atoms with Gasteiger partial charge in [-0.1, -0.05) is 330 Å². The van der Waals surface area contributed by atoms with Gasteiger partial charge in [0.25, 0.3) is 0 Å². The number of phosphoric acid groups is 2. The van der Waals surface area contributed by atoms with Crippen molar-refractivity contribution in [1.29, 1.82) is 0 Å². The number of ether oxygens (including phenoxy) is 4. The molecular formula is C74H144O17P2. The summed E-state index contributed by atoms with van der Waals surface area (Å²) in [5.74, 6) is -0.609. The Morgan fingerprint density at radius 2 is 0.495 bits per heavy atom. The Morgan fingerprint density at radius 3 is 0.731 bits per heavy atom. The lowest BCUT2D eigenvalue weighted by atomic mass is 10.0. The monoisotopic (exact) mass is 1370 g/mol. The number of carbonyl (C=O) groups excluding carboxylic acids is 4. The average Bonchev–Trinajstić information content (AvgIpc) is 2.17. The summed E-state index contributed by atoms with van der Waals surface area (Å²) in [6, 6.07) is 0. The van der Waals surface area contributed by atoms with Crippen molar-refractivity contribution in [2.45, 2.75) is 400 Å². The molecule has 0 heterocycles. The normalized spacial score (nSPS) is 14.1. The molecule has 0 aromatic carbocycles. The zero-order valence-electron chi connectivity index (χ0n) is 60.6. The fourth-order valence-electron chi connectivity index (χ4n) is 11.3. The van der Waals surface area contributed by atoms with Crippen LogP contribution in [0.4, 0.5) is 0 Å². The molecule has 0 aromatic heterocycles. The van der Waals surface area contributed by atoms with E-state index in [1.54, 1.807) is 0 Å². The first kappa shape index (κ1) is 91.1. The number of phosphoric ester groups is 2. The van der Waals surface area contributed by atoms with E-state index in [2.05, 4.69) is 41.5 Å². The van der Waals surface area contributed by atoms with Crippen LogP contribution in [0.25, 0.3) is 0 Å².